The molecule has 138 valence electrons. The molecule has 26 heavy (non-hydrogen) atoms. The molecule has 0 aliphatic carbocycles. The maximum Gasteiger partial charge on any atom is 0.284 e. The molecule has 1 atom stereocenters. The van der Waals surface area contributed by atoms with Crippen LogP contribution in [0.2, 0.25) is 5.15 Å². The third-order valence-electron chi connectivity index (χ3n) is 3.82. The van der Waals surface area contributed by atoms with Crippen molar-refractivity contribution in [3.05, 3.63) is 40.7 Å². The molecule has 1 aromatic heterocycles. The number of ether oxygens (including phenoxy) is 2. The van der Waals surface area contributed by atoms with Gasteiger partial charge in [-0.3, -0.25) is 9.48 Å². The fourth-order valence-electron chi connectivity index (χ4n) is 2.56. The summed E-state index contributed by atoms with van der Waals surface area (Å²) in [5, 5.41) is 8.89. The molecule has 1 amide bonds. The van der Waals surface area contributed by atoms with Gasteiger partial charge in [-0.05, 0) is 25.0 Å². The average molecular weight is 377 g/mol. The molecule has 0 saturated carbocycles. The van der Waals surface area contributed by atoms with Crippen LogP contribution in [0.1, 0.15) is 25.1 Å². The van der Waals surface area contributed by atoms with Gasteiger partial charge < -0.3 is 9.47 Å². The van der Waals surface area contributed by atoms with E-state index in [4.69, 9.17) is 21.1 Å². The van der Waals surface area contributed by atoms with E-state index < -0.39 is 6.10 Å². The summed E-state index contributed by atoms with van der Waals surface area (Å²) in [7, 11) is 0. The maximum absolute atomic E-state index is 12.2. The minimum absolute atomic E-state index is 0.129. The van der Waals surface area contributed by atoms with E-state index in [1.54, 1.807) is 16.8 Å². The van der Waals surface area contributed by atoms with Gasteiger partial charge in [-0.15, -0.1) is 0 Å². The Hall–Kier alpha value is -2.54. The first-order valence-electron chi connectivity index (χ1n) is 8.40. The second-order valence-electron chi connectivity index (χ2n) is 6.46. The van der Waals surface area contributed by atoms with Crippen LogP contribution in [0.4, 0.5) is 0 Å². The largest absolute Gasteiger partial charge is 0.485 e. The van der Waals surface area contributed by atoms with E-state index in [-0.39, 0.29) is 12.5 Å². The topological polar surface area (TPSA) is 77.7 Å². The van der Waals surface area contributed by atoms with Crippen molar-refractivity contribution in [3.8, 4) is 11.5 Å². The van der Waals surface area contributed by atoms with E-state index in [1.807, 2.05) is 19.1 Å². The van der Waals surface area contributed by atoms with Gasteiger partial charge in [-0.1, -0.05) is 37.6 Å². The molecule has 8 heteroatoms. The molecular weight excluding hydrogens is 356 g/mol. The highest BCUT2D eigenvalue weighted by atomic mass is 35.5. The number of fused-ring (bicyclic) bond motifs is 1. The van der Waals surface area contributed by atoms with Gasteiger partial charge in [-0.2, -0.15) is 10.2 Å². The number of amides is 1. The molecule has 7 nitrogen and oxygen atoms in total. The lowest BCUT2D eigenvalue weighted by Gasteiger charge is -2.24. The second kappa shape index (κ2) is 7.78. The van der Waals surface area contributed by atoms with Crippen LogP contribution in [0, 0.1) is 12.8 Å². The maximum atomic E-state index is 12.2. The number of aromatic nitrogens is 2. The molecule has 3 rings (SSSR count). The highest BCUT2D eigenvalue weighted by Gasteiger charge is 2.27. The van der Waals surface area contributed by atoms with E-state index in [1.165, 1.54) is 6.21 Å². The van der Waals surface area contributed by atoms with Crippen LogP contribution in [0.5, 0.6) is 11.5 Å². The summed E-state index contributed by atoms with van der Waals surface area (Å²) in [6.07, 6.45) is 0.735. The number of carbonyl (C=O) groups is 1. The predicted octanol–water partition coefficient (Wildman–Crippen LogP) is 2.79. The SMILES string of the molecule is Cc1nn(CC(C)C)c(Cl)c1/C=N\NC(=O)[C@@H]1COc2ccccc2O1. The Morgan fingerprint density at radius 2 is 2.19 bits per heavy atom. The van der Waals surface area contributed by atoms with Gasteiger partial charge in [0.2, 0.25) is 6.10 Å². The normalized spacial score (nSPS) is 16.3. The number of aryl methyl sites for hydroxylation is 1. The molecule has 2 aromatic rings. The molecule has 0 unspecified atom stereocenters. The van der Waals surface area contributed by atoms with Crippen molar-refractivity contribution < 1.29 is 14.3 Å². The number of hydrogen-bond acceptors (Lipinski definition) is 5. The van der Waals surface area contributed by atoms with Crippen molar-refractivity contribution in [1.82, 2.24) is 15.2 Å². The standard InChI is InChI=1S/C18H21ClN4O3/c1-11(2)9-23-17(19)13(12(3)22-23)8-20-21-18(24)16-10-25-14-6-4-5-7-15(14)26-16/h4-8,11,16H,9-10H2,1-3H3,(H,21,24)/b20-8-/t16-/m0/s1. The Labute approximate surface area is 156 Å². The Balaban J connectivity index is 1.62. The number of carbonyl (C=O) groups excluding carboxylic acids is 1. The first-order chi connectivity index (χ1) is 12.5. The highest BCUT2D eigenvalue weighted by molar-refractivity contribution is 6.32. The Morgan fingerprint density at radius 1 is 1.46 bits per heavy atom. The minimum atomic E-state index is -0.762. The van der Waals surface area contributed by atoms with Crippen LogP contribution >= 0.6 is 11.6 Å². The number of rotatable bonds is 5. The summed E-state index contributed by atoms with van der Waals surface area (Å²) in [4.78, 5) is 12.2. The zero-order valence-electron chi connectivity index (χ0n) is 14.9. The first-order valence-corrected chi connectivity index (χ1v) is 8.77. The summed E-state index contributed by atoms with van der Waals surface area (Å²) in [6.45, 7) is 6.87. The Morgan fingerprint density at radius 3 is 2.92 bits per heavy atom. The van der Waals surface area contributed by atoms with Gasteiger partial charge in [0, 0.05) is 6.54 Å². The zero-order chi connectivity index (χ0) is 18.7. The van der Waals surface area contributed by atoms with Crippen molar-refractivity contribution in [2.45, 2.75) is 33.4 Å². The van der Waals surface area contributed by atoms with Crippen molar-refractivity contribution in [3.63, 3.8) is 0 Å². The lowest BCUT2D eigenvalue weighted by molar-refractivity contribution is -0.130. The molecule has 1 aliphatic heterocycles. The number of nitrogens with one attached hydrogen (secondary N) is 1. The van der Waals surface area contributed by atoms with Crippen molar-refractivity contribution in [2.75, 3.05) is 6.61 Å². The lowest BCUT2D eigenvalue weighted by atomic mass is 10.2. The van der Waals surface area contributed by atoms with Crippen molar-refractivity contribution >= 4 is 23.7 Å². The van der Waals surface area contributed by atoms with Gasteiger partial charge in [0.25, 0.3) is 5.91 Å². The Kier molecular flexibility index (Phi) is 5.46. The highest BCUT2D eigenvalue weighted by Crippen LogP contribution is 2.30. The molecule has 0 fully saturated rings. The van der Waals surface area contributed by atoms with E-state index in [0.717, 1.165) is 5.69 Å². The average Bonchev–Trinajstić information content (AvgIpc) is 2.88. The van der Waals surface area contributed by atoms with Crippen LogP contribution in [0.3, 0.4) is 0 Å². The summed E-state index contributed by atoms with van der Waals surface area (Å²) in [5.74, 6) is 1.19. The molecule has 2 heterocycles. The van der Waals surface area contributed by atoms with Crippen LogP contribution in [0.15, 0.2) is 29.4 Å². The van der Waals surface area contributed by atoms with Gasteiger partial charge in [0.1, 0.15) is 11.8 Å². The molecule has 1 aliphatic rings. The predicted molar refractivity (Wildman–Crippen MR) is 98.9 cm³/mol. The van der Waals surface area contributed by atoms with Crippen LogP contribution < -0.4 is 14.9 Å². The van der Waals surface area contributed by atoms with Crippen molar-refractivity contribution in [2.24, 2.45) is 11.0 Å². The van der Waals surface area contributed by atoms with Gasteiger partial charge >= 0.3 is 0 Å². The minimum Gasteiger partial charge on any atom is -0.485 e. The number of nitrogens with zero attached hydrogens (tertiary/aromatic N) is 3. The van der Waals surface area contributed by atoms with E-state index in [2.05, 4.69) is 29.5 Å². The van der Waals surface area contributed by atoms with Crippen LogP contribution in [0.25, 0.3) is 0 Å². The van der Waals surface area contributed by atoms with Crippen LogP contribution in [-0.2, 0) is 11.3 Å². The second-order valence-corrected chi connectivity index (χ2v) is 6.82. The summed E-state index contributed by atoms with van der Waals surface area (Å²) < 4.78 is 12.9. The molecule has 1 aromatic carbocycles. The monoisotopic (exact) mass is 376 g/mol. The molecule has 1 N–H and O–H groups in total. The summed E-state index contributed by atoms with van der Waals surface area (Å²) >= 11 is 6.35. The smallest absolute Gasteiger partial charge is 0.284 e. The quantitative estimate of drug-likeness (QED) is 0.643. The summed E-state index contributed by atoms with van der Waals surface area (Å²) in [6, 6.07) is 7.21. The van der Waals surface area contributed by atoms with E-state index in [9.17, 15) is 4.79 Å². The van der Waals surface area contributed by atoms with Gasteiger partial charge in [-0.25, -0.2) is 5.43 Å². The number of benzene rings is 1. The van der Waals surface area contributed by atoms with E-state index >= 15 is 0 Å². The summed E-state index contributed by atoms with van der Waals surface area (Å²) in [5.41, 5.74) is 3.90. The van der Waals surface area contributed by atoms with Crippen LogP contribution in [-0.4, -0.2) is 34.6 Å². The fourth-order valence-corrected chi connectivity index (χ4v) is 2.85. The zero-order valence-corrected chi connectivity index (χ0v) is 15.7. The Bertz CT molecular complexity index is 832. The van der Waals surface area contributed by atoms with Gasteiger partial charge in [0.05, 0.1) is 17.5 Å². The molecule has 0 radical (unpaired) electrons. The molecule has 0 bridgehead atoms. The number of halogens is 1. The first kappa shape index (κ1) is 18.3. The lowest BCUT2D eigenvalue weighted by Crippen LogP contribution is -2.42. The third kappa shape index (κ3) is 3.99. The van der Waals surface area contributed by atoms with E-state index in [0.29, 0.717) is 34.7 Å². The van der Waals surface area contributed by atoms with Gasteiger partial charge in [0.15, 0.2) is 11.5 Å². The molecular formula is C18H21ClN4O3. The fraction of sp³-hybridized carbons (Fsp3) is 0.389. The number of hydrogen-bond donors (Lipinski definition) is 1. The number of hydrazone groups is 1. The molecule has 0 spiro atoms. The van der Waals surface area contributed by atoms with Crippen molar-refractivity contribution in [1.29, 1.82) is 0 Å². The number of para-hydroxylation sites is 2. The molecule has 0 saturated heterocycles. The third-order valence-corrected chi connectivity index (χ3v) is 4.22.